The number of carbonyl (C=O) groups is 1. The van der Waals surface area contributed by atoms with Gasteiger partial charge in [-0.3, -0.25) is 4.79 Å². The molecule has 26 heavy (non-hydrogen) atoms. The number of furan rings is 1. The minimum Gasteiger partial charge on any atom is -0.469 e. The molecule has 0 spiro atoms. The molecule has 1 unspecified atom stereocenters. The van der Waals surface area contributed by atoms with Crippen LogP contribution in [0.25, 0.3) is 0 Å². The van der Waals surface area contributed by atoms with E-state index < -0.39 is 0 Å². The van der Waals surface area contributed by atoms with E-state index in [1.807, 2.05) is 13.0 Å². The van der Waals surface area contributed by atoms with Crippen molar-refractivity contribution in [2.45, 2.75) is 39.0 Å². The van der Waals surface area contributed by atoms with Crippen LogP contribution in [0.15, 0.2) is 22.8 Å². The summed E-state index contributed by atoms with van der Waals surface area (Å²) in [5.74, 6) is 2.62. The zero-order valence-electron chi connectivity index (χ0n) is 15.1. The smallest absolute Gasteiger partial charge is 0.230 e. The number of nitrogens with zero attached hydrogens (tertiary/aromatic N) is 4. The number of rotatable bonds is 6. The predicted octanol–water partition coefficient (Wildman–Crippen LogP) is 1.57. The maximum absolute atomic E-state index is 12.1. The highest BCUT2D eigenvalue weighted by atomic mass is 16.3. The summed E-state index contributed by atoms with van der Waals surface area (Å²) in [6, 6.07) is 3.60. The van der Waals surface area contributed by atoms with Gasteiger partial charge in [-0.15, -0.1) is 0 Å². The van der Waals surface area contributed by atoms with Crippen molar-refractivity contribution in [3.05, 3.63) is 30.0 Å². The lowest BCUT2D eigenvalue weighted by Crippen LogP contribution is -2.37. The molecule has 140 valence electrons. The van der Waals surface area contributed by atoms with E-state index in [2.05, 4.69) is 25.2 Å². The molecule has 3 rings (SSSR count). The van der Waals surface area contributed by atoms with Gasteiger partial charge in [0, 0.05) is 26.1 Å². The fraction of sp³-hybridized carbons (Fsp3) is 0.556. The fourth-order valence-electron chi connectivity index (χ4n) is 3.19. The Morgan fingerprint density at radius 3 is 3.04 bits per heavy atom. The Kier molecular flexibility index (Phi) is 6.04. The molecule has 3 N–H and O–H groups in total. The van der Waals surface area contributed by atoms with Crippen molar-refractivity contribution in [1.29, 1.82) is 0 Å². The minimum absolute atomic E-state index is 0.0200. The summed E-state index contributed by atoms with van der Waals surface area (Å²) in [5.41, 5.74) is 5.82. The molecule has 3 heterocycles. The molecule has 1 atom stereocenters. The number of hydrogen-bond acceptors (Lipinski definition) is 7. The third-order valence-electron chi connectivity index (χ3n) is 4.56. The number of nitrogens with one attached hydrogen (secondary N) is 1. The van der Waals surface area contributed by atoms with Crippen molar-refractivity contribution in [3.63, 3.8) is 0 Å². The van der Waals surface area contributed by atoms with E-state index in [1.54, 1.807) is 12.3 Å². The molecule has 0 aromatic carbocycles. The molecule has 1 fully saturated rings. The third kappa shape index (κ3) is 4.93. The van der Waals surface area contributed by atoms with Gasteiger partial charge in [0.15, 0.2) is 0 Å². The summed E-state index contributed by atoms with van der Waals surface area (Å²) in [5, 5.41) is 3.02. The highest BCUT2D eigenvalue weighted by Crippen LogP contribution is 2.20. The Labute approximate surface area is 153 Å². The summed E-state index contributed by atoms with van der Waals surface area (Å²) in [4.78, 5) is 27.2. The van der Waals surface area contributed by atoms with E-state index in [9.17, 15) is 4.79 Å². The number of hydrogen-bond donors (Lipinski definition) is 2. The van der Waals surface area contributed by atoms with Crippen LogP contribution in [-0.4, -0.2) is 40.5 Å². The van der Waals surface area contributed by atoms with Crippen LogP contribution in [0.3, 0.4) is 0 Å². The van der Waals surface area contributed by atoms with Crippen LogP contribution in [0.4, 0.5) is 11.9 Å². The van der Waals surface area contributed by atoms with Crippen LogP contribution in [0.2, 0.25) is 0 Å². The lowest BCUT2D eigenvalue weighted by Gasteiger charge is -2.25. The maximum Gasteiger partial charge on any atom is 0.230 e. The lowest BCUT2D eigenvalue weighted by molar-refractivity contribution is -0.120. The van der Waals surface area contributed by atoms with Crippen molar-refractivity contribution < 1.29 is 9.21 Å². The fourth-order valence-corrected chi connectivity index (χ4v) is 3.19. The van der Waals surface area contributed by atoms with Gasteiger partial charge in [0.1, 0.15) is 11.6 Å². The van der Waals surface area contributed by atoms with Gasteiger partial charge >= 0.3 is 0 Å². The Bertz CT molecular complexity index is 718. The third-order valence-corrected chi connectivity index (χ3v) is 4.56. The summed E-state index contributed by atoms with van der Waals surface area (Å²) >= 11 is 0. The number of nitrogens with two attached hydrogens (primary N) is 1. The van der Waals surface area contributed by atoms with Crippen molar-refractivity contribution in [2.75, 3.05) is 30.3 Å². The molecular weight excluding hydrogens is 332 g/mol. The van der Waals surface area contributed by atoms with E-state index in [4.69, 9.17) is 10.2 Å². The van der Waals surface area contributed by atoms with Crippen LogP contribution in [0, 0.1) is 5.92 Å². The number of aryl methyl sites for hydroxylation is 1. The van der Waals surface area contributed by atoms with Crippen molar-refractivity contribution in [2.24, 2.45) is 5.92 Å². The molecule has 2 aromatic rings. The molecule has 0 radical (unpaired) electrons. The van der Waals surface area contributed by atoms with Crippen molar-refractivity contribution in [1.82, 2.24) is 20.3 Å². The molecular formula is C18H26N6O2. The van der Waals surface area contributed by atoms with Crippen LogP contribution >= 0.6 is 0 Å². The molecule has 8 heteroatoms. The average Bonchev–Trinajstić information content (AvgIpc) is 3.02. The summed E-state index contributed by atoms with van der Waals surface area (Å²) in [6.45, 7) is 4.33. The summed E-state index contributed by atoms with van der Waals surface area (Å²) < 4.78 is 5.22. The quantitative estimate of drug-likeness (QED) is 0.806. The standard InChI is InChI=1S/C18H26N6O2/c1-2-15-21-17(19)23-18(22-15)24-8-4-3-6-13(12-24)11-20-16(25)10-14-7-5-9-26-14/h5,7,9,13H,2-4,6,8,10-12H2,1H3,(H,20,25)(H2,19,21,22,23). The normalized spacial score (nSPS) is 17.7. The molecule has 0 saturated carbocycles. The Morgan fingerprint density at radius 2 is 2.27 bits per heavy atom. The van der Waals surface area contributed by atoms with E-state index >= 15 is 0 Å². The summed E-state index contributed by atoms with van der Waals surface area (Å²) in [7, 11) is 0. The van der Waals surface area contributed by atoms with Crippen molar-refractivity contribution >= 4 is 17.8 Å². The van der Waals surface area contributed by atoms with Gasteiger partial charge in [-0.1, -0.05) is 13.3 Å². The first-order valence-electron chi connectivity index (χ1n) is 9.18. The predicted molar refractivity (Wildman–Crippen MR) is 98.6 cm³/mol. The zero-order chi connectivity index (χ0) is 18.4. The van der Waals surface area contributed by atoms with Gasteiger partial charge in [0.25, 0.3) is 0 Å². The van der Waals surface area contributed by atoms with Gasteiger partial charge in [-0.2, -0.15) is 15.0 Å². The number of carbonyl (C=O) groups excluding carboxylic acids is 1. The van der Waals surface area contributed by atoms with E-state index in [-0.39, 0.29) is 18.3 Å². The number of nitrogen functional groups attached to an aromatic ring is 1. The minimum atomic E-state index is -0.0200. The van der Waals surface area contributed by atoms with E-state index in [0.29, 0.717) is 30.0 Å². The first-order valence-corrected chi connectivity index (χ1v) is 9.18. The Balaban J connectivity index is 1.58. The molecule has 1 saturated heterocycles. The highest BCUT2D eigenvalue weighted by molar-refractivity contribution is 5.77. The second-order valence-electron chi connectivity index (χ2n) is 6.63. The molecule has 0 aliphatic carbocycles. The second kappa shape index (κ2) is 8.64. The molecule has 8 nitrogen and oxygen atoms in total. The summed E-state index contributed by atoms with van der Waals surface area (Å²) in [6.07, 6.45) is 5.84. The largest absolute Gasteiger partial charge is 0.469 e. The van der Waals surface area contributed by atoms with Gasteiger partial charge in [-0.05, 0) is 30.9 Å². The van der Waals surface area contributed by atoms with Crippen LogP contribution in [-0.2, 0) is 17.6 Å². The maximum atomic E-state index is 12.1. The Morgan fingerprint density at radius 1 is 1.38 bits per heavy atom. The number of anilines is 2. The molecule has 0 bridgehead atoms. The number of aromatic nitrogens is 3. The monoisotopic (exact) mass is 358 g/mol. The highest BCUT2D eigenvalue weighted by Gasteiger charge is 2.21. The number of amides is 1. The van der Waals surface area contributed by atoms with E-state index in [1.165, 1.54) is 0 Å². The molecule has 1 amide bonds. The average molecular weight is 358 g/mol. The van der Waals surface area contributed by atoms with Gasteiger partial charge in [-0.25, -0.2) is 0 Å². The first-order chi connectivity index (χ1) is 12.6. The van der Waals surface area contributed by atoms with Crippen LogP contribution < -0.4 is 16.0 Å². The molecule has 1 aliphatic rings. The van der Waals surface area contributed by atoms with Crippen LogP contribution in [0.1, 0.15) is 37.8 Å². The zero-order valence-corrected chi connectivity index (χ0v) is 15.1. The second-order valence-corrected chi connectivity index (χ2v) is 6.63. The SMILES string of the molecule is CCc1nc(N)nc(N2CCCCC(CNC(=O)Cc3ccco3)C2)n1. The lowest BCUT2D eigenvalue weighted by atomic mass is 10.0. The van der Waals surface area contributed by atoms with E-state index in [0.717, 1.165) is 38.8 Å². The van der Waals surface area contributed by atoms with Gasteiger partial charge in [0.2, 0.25) is 17.8 Å². The van der Waals surface area contributed by atoms with Gasteiger partial charge in [0.05, 0.1) is 12.7 Å². The van der Waals surface area contributed by atoms with Crippen molar-refractivity contribution in [3.8, 4) is 0 Å². The van der Waals surface area contributed by atoms with Gasteiger partial charge < -0.3 is 20.4 Å². The van der Waals surface area contributed by atoms with Crippen LogP contribution in [0.5, 0.6) is 0 Å². The Hall–Kier alpha value is -2.64. The topological polar surface area (TPSA) is 110 Å². The first kappa shape index (κ1) is 18.2. The molecule has 1 aliphatic heterocycles. The molecule has 2 aromatic heterocycles.